The van der Waals surface area contributed by atoms with E-state index in [9.17, 15) is 23.3 Å². The molecule has 0 heterocycles. The van der Waals surface area contributed by atoms with Gasteiger partial charge in [0.15, 0.2) is 9.84 Å². The lowest BCUT2D eigenvalue weighted by molar-refractivity contribution is -0.385. The van der Waals surface area contributed by atoms with Crippen LogP contribution in [0.2, 0.25) is 0 Å². The number of aliphatic hydroxyl groups is 1. The molecule has 0 saturated heterocycles. The van der Waals surface area contributed by atoms with Gasteiger partial charge in [0, 0.05) is 43.0 Å². The molecule has 0 bridgehead atoms. The number of anilines is 1. The van der Waals surface area contributed by atoms with Crippen molar-refractivity contribution >= 4 is 59.0 Å². The van der Waals surface area contributed by atoms with E-state index in [1.54, 1.807) is 4.90 Å². The van der Waals surface area contributed by atoms with Crippen LogP contribution in [-0.4, -0.2) is 67.0 Å². The van der Waals surface area contributed by atoms with Crippen molar-refractivity contribution < 1.29 is 23.2 Å². The molecule has 0 spiro atoms. The maximum absolute atomic E-state index is 12.6. The first kappa shape index (κ1) is 24.8. The lowest BCUT2D eigenvalue weighted by Crippen LogP contribution is -2.31. The summed E-state index contributed by atoms with van der Waals surface area (Å²) in [6.45, 7) is 2.36. The van der Waals surface area contributed by atoms with Crippen LogP contribution in [0.5, 0.6) is 0 Å². The third-order valence-corrected chi connectivity index (χ3v) is 6.37. The van der Waals surface area contributed by atoms with Crippen molar-refractivity contribution in [2.75, 3.05) is 47.6 Å². The molecule has 2 N–H and O–H groups in total. The predicted molar refractivity (Wildman–Crippen MR) is 115 cm³/mol. The van der Waals surface area contributed by atoms with Gasteiger partial charge in [-0.3, -0.25) is 14.9 Å². The summed E-state index contributed by atoms with van der Waals surface area (Å²) in [5.74, 6) is -0.921. The number of carbonyl (C=O) groups excluding carboxylic acids is 1. The fraction of sp³-hybridized carbons (Fsp3) is 0.562. The van der Waals surface area contributed by atoms with Crippen molar-refractivity contribution in [2.24, 2.45) is 0 Å². The van der Waals surface area contributed by atoms with E-state index in [1.165, 1.54) is 13.0 Å². The molecule has 0 unspecified atom stereocenters. The quantitative estimate of drug-likeness (QED) is 0.178. The van der Waals surface area contributed by atoms with E-state index in [1.807, 2.05) is 0 Å². The first-order valence-corrected chi connectivity index (χ1v) is 12.4. The molecule has 1 rings (SSSR count). The minimum atomic E-state index is -3.77. The molecule has 0 aliphatic heterocycles. The number of sulfone groups is 1. The van der Waals surface area contributed by atoms with Gasteiger partial charge < -0.3 is 15.3 Å². The summed E-state index contributed by atoms with van der Waals surface area (Å²) in [6, 6.07) is 2.23. The van der Waals surface area contributed by atoms with Crippen LogP contribution in [-0.2, 0) is 9.84 Å². The molecule has 28 heavy (non-hydrogen) atoms. The number of benzene rings is 1. The highest BCUT2D eigenvalue weighted by Gasteiger charge is 2.29. The summed E-state index contributed by atoms with van der Waals surface area (Å²) in [5.41, 5.74) is -0.546. The van der Waals surface area contributed by atoms with Gasteiger partial charge in [-0.25, -0.2) is 8.42 Å². The van der Waals surface area contributed by atoms with Crippen molar-refractivity contribution in [3.63, 3.8) is 0 Å². The highest BCUT2D eigenvalue weighted by Crippen LogP contribution is 2.34. The SMILES string of the molecule is CCS(=O)(=O)c1cc([N+](=O)[O-])c(C(=O)NCCCO)cc1N(CCBr)CCBr. The van der Waals surface area contributed by atoms with Crippen molar-refractivity contribution in [3.05, 3.63) is 27.8 Å². The van der Waals surface area contributed by atoms with Crippen molar-refractivity contribution in [3.8, 4) is 0 Å². The van der Waals surface area contributed by atoms with Gasteiger partial charge >= 0.3 is 0 Å². The normalized spacial score (nSPS) is 11.3. The Balaban J connectivity index is 3.66. The van der Waals surface area contributed by atoms with Crippen LogP contribution >= 0.6 is 31.9 Å². The minimum Gasteiger partial charge on any atom is -0.396 e. The van der Waals surface area contributed by atoms with Gasteiger partial charge in [0.25, 0.3) is 11.6 Å². The zero-order valence-electron chi connectivity index (χ0n) is 15.4. The highest BCUT2D eigenvalue weighted by molar-refractivity contribution is 9.09. The Morgan fingerprint density at radius 3 is 2.36 bits per heavy atom. The number of hydrogen-bond acceptors (Lipinski definition) is 7. The first-order chi connectivity index (χ1) is 13.2. The standard InChI is InChI=1S/C16H23Br2N3O6S/c1-2-28(26,27)15-11-13(21(24)25)12(16(23)19-6-3-9-22)10-14(15)20(7-4-17)8-5-18/h10-11,22H,2-9H2,1H3,(H,19,23). The van der Waals surface area contributed by atoms with E-state index < -0.39 is 26.4 Å². The molecule has 1 aromatic rings. The maximum Gasteiger partial charge on any atom is 0.283 e. The monoisotopic (exact) mass is 543 g/mol. The zero-order valence-corrected chi connectivity index (χ0v) is 19.3. The topological polar surface area (TPSA) is 130 Å². The largest absolute Gasteiger partial charge is 0.396 e. The van der Waals surface area contributed by atoms with Crippen LogP contribution < -0.4 is 10.2 Å². The van der Waals surface area contributed by atoms with E-state index in [2.05, 4.69) is 37.2 Å². The molecular formula is C16H23Br2N3O6S. The Labute approximate surface area is 180 Å². The minimum absolute atomic E-state index is 0.133. The van der Waals surface area contributed by atoms with Crippen LogP contribution in [0.15, 0.2) is 17.0 Å². The van der Waals surface area contributed by atoms with Crippen molar-refractivity contribution in [2.45, 2.75) is 18.2 Å². The summed E-state index contributed by atoms with van der Waals surface area (Å²) in [4.78, 5) is 24.8. The van der Waals surface area contributed by atoms with Gasteiger partial charge in [0.2, 0.25) is 0 Å². The highest BCUT2D eigenvalue weighted by atomic mass is 79.9. The van der Waals surface area contributed by atoms with Crippen LogP contribution in [0.1, 0.15) is 23.7 Å². The van der Waals surface area contributed by atoms with Gasteiger partial charge in [-0.05, 0) is 12.5 Å². The van der Waals surface area contributed by atoms with Crippen LogP contribution in [0, 0.1) is 10.1 Å². The summed E-state index contributed by atoms with van der Waals surface area (Å²) >= 11 is 6.64. The third kappa shape index (κ3) is 6.39. The number of halogens is 2. The van der Waals surface area contributed by atoms with Gasteiger partial charge in [0.05, 0.1) is 21.3 Å². The van der Waals surface area contributed by atoms with Crippen LogP contribution in [0.3, 0.4) is 0 Å². The third-order valence-electron chi connectivity index (χ3n) is 3.90. The first-order valence-electron chi connectivity index (χ1n) is 8.54. The fourth-order valence-electron chi connectivity index (χ4n) is 2.48. The predicted octanol–water partition coefficient (Wildman–Crippen LogP) is 2.10. The van der Waals surface area contributed by atoms with Gasteiger partial charge in [-0.2, -0.15) is 0 Å². The molecular weight excluding hydrogens is 522 g/mol. The van der Waals surface area contributed by atoms with E-state index in [4.69, 9.17) is 5.11 Å². The Bertz CT molecular complexity index is 798. The molecule has 1 aromatic carbocycles. The number of amides is 1. The molecule has 0 radical (unpaired) electrons. The van der Waals surface area contributed by atoms with Gasteiger partial charge in [0.1, 0.15) is 5.56 Å². The Hall–Kier alpha value is -1.24. The summed E-state index contributed by atoms with van der Waals surface area (Å²) < 4.78 is 25.2. The summed E-state index contributed by atoms with van der Waals surface area (Å²) in [5, 5.41) is 23.9. The maximum atomic E-state index is 12.6. The molecule has 158 valence electrons. The number of carbonyl (C=O) groups is 1. The number of rotatable bonds is 12. The molecule has 0 atom stereocenters. The summed E-state index contributed by atoms with van der Waals surface area (Å²) in [7, 11) is -3.77. The number of hydrogen-bond donors (Lipinski definition) is 2. The van der Waals surface area contributed by atoms with Crippen LogP contribution in [0.4, 0.5) is 11.4 Å². The molecule has 0 aliphatic rings. The average Bonchev–Trinajstić information content (AvgIpc) is 2.66. The van der Waals surface area contributed by atoms with Gasteiger partial charge in [-0.1, -0.05) is 38.8 Å². The van der Waals surface area contributed by atoms with E-state index in [0.717, 1.165) is 6.07 Å². The van der Waals surface area contributed by atoms with Crippen molar-refractivity contribution in [1.29, 1.82) is 0 Å². The molecule has 0 saturated carbocycles. The second-order valence-electron chi connectivity index (χ2n) is 5.70. The van der Waals surface area contributed by atoms with Gasteiger partial charge in [-0.15, -0.1) is 0 Å². The number of nitro benzene ring substituents is 1. The molecule has 0 aliphatic carbocycles. The molecule has 9 nitrogen and oxygen atoms in total. The van der Waals surface area contributed by atoms with E-state index in [0.29, 0.717) is 30.2 Å². The number of alkyl halides is 2. The second-order valence-corrected chi connectivity index (χ2v) is 9.53. The lowest BCUT2D eigenvalue weighted by atomic mass is 10.1. The summed E-state index contributed by atoms with van der Waals surface area (Å²) in [6.07, 6.45) is 0.300. The van der Waals surface area contributed by atoms with E-state index in [-0.39, 0.29) is 35.1 Å². The fourth-order valence-corrected chi connectivity index (χ4v) is 4.44. The number of nitrogens with zero attached hydrogens (tertiary/aromatic N) is 2. The Morgan fingerprint density at radius 2 is 1.89 bits per heavy atom. The average molecular weight is 545 g/mol. The number of aliphatic hydroxyl groups excluding tert-OH is 1. The Morgan fingerprint density at radius 1 is 1.29 bits per heavy atom. The number of nitrogens with one attached hydrogen (secondary N) is 1. The second kappa shape index (κ2) is 11.7. The van der Waals surface area contributed by atoms with Crippen LogP contribution in [0.25, 0.3) is 0 Å². The molecule has 0 fully saturated rings. The zero-order chi connectivity index (χ0) is 21.3. The van der Waals surface area contributed by atoms with E-state index >= 15 is 0 Å². The Kier molecular flexibility index (Phi) is 10.4. The van der Waals surface area contributed by atoms with Crippen molar-refractivity contribution in [1.82, 2.24) is 5.32 Å². The molecule has 1 amide bonds. The smallest absolute Gasteiger partial charge is 0.283 e. The number of nitro groups is 1. The molecule has 0 aromatic heterocycles. The molecule has 12 heteroatoms. The lowest BCUT2D eigenvalue weighted by Gasteiger charge is -2.26.